The summed E-state index contributed by atoms with van der Waals surface area (Å²) in [4.78, 5) is 12.4. The van der Waals surface area contributed by atoms with Crippen LogP contribution in [-0.2, 0) is 9.47 Å². The molecule has 1 fully saturated rings. The van der Waals surface area contributed by atoms with Gasteiger partial charge in [0.25, 0.3) is 0 Å². The molecule has 3 rings (SSSR count). The van der Waals surface area contributed by atoms with E-state index in [2.05, 4.69) is 5.16 Å². The first-order valence-corrected chi connectivity index (χ1v) is 7.97. The van der Waals surface area contributed by atoms with Crippen LogP contribution in [0.5, 0.6) is 0 Å². The van der Waals surface area contributed by atoms with Crippen molar-refractivity contribution in [2.24, 2.45) is 0 Å². The summed E-state index contributed by atoms with van der Waals surface area (Å²) in [5.74, 6) is 1.08. The molecule has 0 radical (unpaired) electrons. The fourth-order valence-corrected chi connectivity index (χ4v) is 2.97. The van der Waals surface area contributed by atoms with Crippen LogP contribution in [-0.4, -0.2) is 35.0 Å². The van der Waals surface area contributed by atoms with E-state index < -0.39 is 0 Å². The second kappa shape index (κ2) is 6.58. The van der Waals surface area contributed by atoms with E-state index >= 15 is 0 Å². The molecule has 2 aromatic rings. The predicted molar refractivity (Wildman–Crippen MR) is 83.9 cm³/mol. The average Bonchev–Trinajstić information content (AvgIpc) is 3.09. The van der Waals surface area contributed by atoms with Crippen LogP contribution in [0.1, 0.15) is 46.8 Å². The van der Waals surface area contributed by atoms with E-state index in [0.29, 0.717) is 18.0 Å². The van der Waals surface area contributed by atoms with Crippen LogP contribution in [0.3, 0.4) is 0 Å². The van der Waals surface area contributed by atoms with E-state index in [-0.39, 0.29) is 12.1 Å². The van der Waals surface area contributed by atoms with Gasteiger partial charge < -0.3 is 14.0 Å². The molecule has 3 heterocycles. The van der Waals surface area contributed by atoms with Gasteiger partial charge in [-0.2, -0.15) is 0 Å². The Bertz CT molecular complexity index is 696. The van der Waals surface area contributed by atoms with E-state index in [1.807, 2.05) is 37.5 Å². The molecule has 0 aromatic carbocycles. The molecule has 0 aliphatic carbocycles. The van der Waals surface area contributed by atoms with Crippen molar-refractivity contribution in [1.82, 2.24) is 9.72 Å². The molecule has 2 aromatic heterocycles. The van der Waals surface area contributed by atoms with Crippen molar-refractivity contribution in [3.05, 3.63) is 34.8 Å². The topological polar surface area (TPSA) is 66.5 Å². The molecular weight excluding hydrogens is 296 g/mol. The van der Waals surface area contributed by atoms with Crippen molar-refractivity contribution in [2.75, 3.05) is 13.2 Å². The van der Waals surface area contributed by atoms with Gasteiger partial charge >= 0.3 is 5.97 Å². The monoisotopic (exact) mass is 318 g/mol. The Morgan fingerprint density at radius 3 is 2.83 bits per heavy atom. The first-order chi connectivity index (χ1) is 11.1. The molecule has 0 amide bonds. The van der Waals surface area contributed by atoms with Crippen molar-refractivity contribution in [1.29, 1.82) is 0 Å². The Morgan fingerprint density at radius 1 is 1.35 bits per heavy atom. The summed E-state index contributed by atoms with van der Waals surface area (Å²) in [5.41, 5.74) is 2.26. The van der Waals surface area contributed by atoms with Crippen LogP contribution in [0.25, 0.3) is 5.82 Å². The fraction of sp³-hybridized carbons (Fsp3) is 0.529. The third-order valence-corrected chi connectivity index (χ3v) is 4.17. The van der Waals surface area contributed by atoms with Crippen LogP contribution in [0.4, 0.5) is 0 Å². The second-order valence-electron chi connectivity index (χ2n) is 6.00. The number of hydrogen-bond donors (Lipinski definition) is 0. The third kappa shape index (κ3) is 3.32. The summed E-state index contributed by atoms with van der Waals surface area (Å²) < 4.78 is 18.0. The predicted octanol–water partition coefficient (Wildman–Crippen LogP) is 3.12. The highest BCUT2D eigenvalue weighted by molar-refractivity contribution is 5.91. The third-order valence-electron chi connectivity index (χ3n) is 4.17. The van der Waals surface area contributed by atoms with Crippen molar-refractivity contribution in [3.8, 4) is 5.82 Å². The number of carbonyl (C=O) groups is 1. The number of aryl methyl sites for hydroxylation is 2. The first-order valence-electron chi connectivity index (χ1n) is 7.97. The van der Waals surface area contributed by atoms with Gasteiger partial charge in [-0.15, -0.1) is 0 Å². The number of ether oxygens (including phenoxy) is 2. The van der Waals surface area contributed by atoms with Crippen molar-refractivity contribution in [3.63, 3.8) is 0 Å². The molecular formula is C17H22N2O4. The van der Waals surface area contributed by atoms with Crippen molar-refractivity contribution < 1.29 is 18.8 Å². The van der Waals surface area contributed by atoms with Gasteiger partial charge in [0.2, 0.25) is 0 Å². The number of rotatable bonds is 4. The lowest BCUT2D eigenvalue weighted by Gasteiger charge is -2.22. The van der Waals surface area contributed by atoms with Crippen LogP contribution in [0.2, 0.25) is 0 Å². The minimum Gasteiger partial charge on any atom is -0.459 e. The zero-order valence-electron chi connectivity index (χ0n) is 13.8. The molecule has 0 bridgehead atoms. The Balaban J connectivity index is 1.73. The highest BCUT2D eigenvalue weighted by atomic mass is 16.6. The molecule has 0 spiro atoms. The zero-order chi connectivity index (χ0) is 16.4. The van der Waals surface area contributed by atoms with Gasteiger partial charge in [-0.05, 0) is 46.1 Å². The molecule has 1 aliphatic rings. The molecule has 1 atom stereocenters. The number of aromatic nitrogens is 2. The molecule has 6 heteroatoms. The van der Waals surface area contributed by atoms with Crippen LogP contribution >= 0.6 is 0 Å². The number of hydrogen-bond acceptors (Lipinski definition) is 5. The Kier molecular flexibility index (Phi) is 4.52. The lowest BCUT2D eigenvalue weighted by atomic mass is 10.1. The van der Waals surface area contributed by atoms with Crippen molar-refractivity contribution >= 4 is 5.97 Å². The number of nitrogens with zero attached hydrogens (tertiary/aromatic N) is 2. The smallest absolute Gasteiger partial charge is 0.340 e. The average molecular weight is 318 g/mol. The number of esters is 1. The van der Waals surface area contributed by atoms with E-state index in [0.717, 1.165) is 43.0 Å². The summed E-state index contributed by atoms with van der Waals surface area (Å²) in [6.07, 6.45) is 3.18. The van der Waals surface area contributed by atoms with Gasteiger partial charge in [0.05, 0.1) is 11.7 Å². The number of carbonyl (C=O) groups excluding carboxylic acids is 1. The highest BCUT2D eigenvalue weighted by Crippen LogP contribution is 2.22. The lowest BCUT2D eigenvalue weighted by Crippen LogP contribution is -2.26. The minimum atomic E-state index is -0.321. The van der Waals surface area contributed by atoms with E-state index in [1.165, 1.54) is 0 Å². The maximum absolute atomic E-state index is 12.4. The molecule has 6 nitrogen and oxygen atoms in total. The molecule has 23 heavy (non-hydrogen) atoms. The van der Waals surface area contributed by atoms with E-state index in [1.54, 1.807) is 0 Å². The highest BCUT2D eigenvalue weighted by Gasteiger charge is 2.21. The van der Waals surface area contributed by atoms with Gasteiger partial charge in [0, 0.05) is 24.1 Å². The lowest BCUT2D eigenvalue weighted by molar-refractivity contribution is -0.0300. The van der Waals surface area contributed by atoms with Crippen LogP contribution < -0.4 is 0 Å². The standard InChI is InChI=1S/C17H22N2O4/c1-11-8-15(13(3)19(11)16-9-12(2)23-18-16)17(20)22-10-14-6-4-5-7-21-14/h8-9,14H,4-7,10H2,1-3H3/t14-/m1/s1. The molecule has 0 saturated carbocycles. The Labute approximate surface area is 135 Å². The zero-order valence-corrected chi connectivity index (χ0v) is 13.8. The van der Waals surface area contributed by atoms with E-state index in [4.69, 9.17) is 14.0 Å². The van der Waals surface area contributed by atoms with Gasteiger partial charge in [-0.3, -0.25) is 4.57 Å². The summed E-state index contributed by atoms with van der Waals surface area (Å²) in [6, 6.07) is 3.66. The molecule has 124 valence electrons. The molecule has 1 saturated heterocycles. The summed E-state index contributed by atoms with van der Waals surface area (Å²) in [6.45, 7) is 6.71. The summed E-state index contributed by atoms with van der Waals surface area (Å²) >= 11 is 0. The molecule has 1 aliphatic heterocycles. The van der Waals surface area contributed by atoms with Crippen molar-refractivity contribution in [2.45, 2.75) is 46.1 Å². The van der Waals surface area contributed by atoms with Crippen LogP contribution in [0.15, 0.2) is 16.7 Å². The largest absolute Gasteiger partial charge is 0.459 e. The van der Waals surface area contributed by atoms with Gasteiger partial charge in [-0.1, -0.05) is 5.16 Å². The quantitative estimate of drug-likeness (QED) is 0.810. The van der Waals surface area contributed by atoms with Gasteiger partial charge in [-0.25, -0.2) is 4.79 Å². The maximum Gasteiger partial charge on any atom is 0.340 e. The minimum absolute atomic E-state index is 0.0226. The normalized spacial score (nSPS) is 18.1. The van der Waals surface area contributed by atoms with Gasteiger partial charge in [0.1, 0.15) is 12.4 Å². The van der Waals surface area contributed by atoms with E-state index in [9.17, 15) is 4.79 Å². The second-order valence-corrected chi connectivity index (χ2v) is 6.00. The fourth-order valence-electron chi connectivity index (χ4n) is 2.97. The maximum atomic E-state index is 12.4. The van der Waals surface area contributed by atoms with Gasteiger partial charge in [0.15, 0.2) is 5.82 Å². The Morgan fingerprint density at radius 2 is 2.17 bits per heavy atom. The summed E-state index contributed by atoms with van der Waals surface area (Å²) in [5, 5.41) is 4.02. The Hall–Kier alpha value is -2.08. The van der Waals surface area contributed by atoms with Crippen LogP contribution in [0, 0.1) is 20.8 Å². The SMILES string of the molecule is Cc1cc(-n2c(C)cc(C(=O)OC[C@H]3CCCCO3)c2C)no1. The molecule has 0 N–H and O–H groups in total. The first kappa shape index (κ1) is 15.8. The molecule has 0 unspecified atom stereocenters. The summed E-state index contributed by atoms with van der Waals surface area (Å²) in [7, 11) is 0.